The van der Waals surface area contributed by atoms with Crippen molar-refractivity contribution in [1.82, 2.24) is 30.1 Å². The summed E-state index contributed by atoms with van der Waals surface area (Å²) >= 11 is 0. The molecule has 8 nitrogen and oxygen atoms in total. The number of benzene rings is 1. The molecule has 0 spiro atoms. The lowest BCUT2D eigenvalue weighted by molar-refractivity contribution is 0.0938. The first-order valence-corrected chi connectivity index (χ1v) is 8.13. The Balaban J connectivity index is 1.51. The molecule has 4 rings (SSSR count). The first kappa shape index (κ1) is 15.9. The quantitative estimate of drug-likeness (QED) is 0.609. The van der Waals surface area contributed by atoms with E-state index in [0.717, 1.165) is 11.2 Å². The highest BCUT2D eigenvalue weighted by Gasteiger charge is 2.17. The Hall–Kier alpha value is -3.55. The first-order valence-electron chi connectivity index (χ1n) is 8.13. The second-order valence-corrected chi connectivity index (χ2v) is 5.91. The van der Waals surface area contributed by atoms with Gasteiger partial charge in [-0.05, 0) is 50.2 Å². The van der Waals surface area contributed by atoms with Crippen molar-refractivity contribution in [2.75, 3.05) is 0 Å². The molecule has 1 unspecified atom stereocenters. The molecule has 3 aromatic heterocycles. The zero-order valence-corrected chi connectivity index (χ0v) is 14.2. The minimum atomic E-state index is -0.293. The van der Waals surface area contributed by atoms with Crippen LogP contribution in [0.1, 0.15) is 35.0 Å². The summed E-state index contributed by atoms with van der Waals surface area (Å²) in [5.41, 5.74) is 2.03. The van der Waals surface area contributed by atoms with Crippen LogP contribution in [0.4, 0.5) is 0 Å². The number of aromatic nitrogens is 5. The third-order valence-electron chi connectivity index (χ3n) is 4.00. The molecule has 1 N–H and O–H groups in total. The SMILES string of the molecule is Cc1noc(-c2ccc(C(=O)NC(C)c3nnc4ccccn34)cc2)n1. The number of hydrogen-bond donors (Lipinski definition) is 1. The number of pyridine rings is 1. The van der Waals surface area contributed by atoms with Gasteiger partial charge in [0.15, 0.2) is 17.3 Å². The molecule has 130 valence electrons. The lowest BCUT2D eigenvalue weighted by atomic mass is 10.1. The van der Waals surface area contributed by atoms with Crippen LogP contribution in [0.15, 0.2) is 53.2 Å². The molecule has 1 atom stereocenters. The summed E-state index contributed by atoms with van der Waals surface area (Å²) in [6.45, 7) is 3.63. The number of carbonyl (C=O) groups excluding carboxylic acids is 1. The van der Waals surface area contributed by atoms with Gasteiger partial charge in [0.2, 0.25) is 0 Å². The lowest BCUT2D eigenvalue weighted by Crippen LogP contribution is -2.27. The van der Waals surface area contributed by atoms with E-state index >= 15 is 0 Å². The van der Waals surface area contributed by atoms with E-state index in [4.69, 9.17) is 4.52 Å². The molecule has 0 saturated carbocycles. The average Bonchev–Trinajstić information content (AvgIpc) is 3.28. The van der Waals surface area contributed by atoms with Gasteiger partial charge in [-0.3, -0.25) is 9.20 Å². The molecule has 1 amide bonds. The predicted octanol–water partition coefficient (Wildman–Crippen LogP) is 2.58. The van der Waals surface area contributed by atoms with Crippen molar-refractivity contribution in [2.24, 2.45) is 0 Å². The number of nitrogens with zero attached hydrogens (tertiary/aromatic N) is 5. The molecule has 0 fully saturated rings. The third kappa shape index (κ3) is 2.92. The lowest BCUT2D eigenvalue weighted by Gasteiger charge is -2.12. The predicted molar refractivity (Wildman–Crippen MR) is 93.3 cm³/mol. The molecule has 26 heavy (non-hydrogen) atoms. The van der Waals surface area contributed by atoms with Crippen molar-refractivity contribution in [1.29, 1.82) is 0 Å². The molecular formula is C18H16N6O2. The largest absolute Gasteiger partial charge is 0.342 e. The van der Waals surface area contributed by atoms with Gasteiger partial charge in [-0.15, -0.1) is 10.2 Å². The Morgan fingerprint density at radius 1 is 1.15 bits per heavy atom. The maximum absolute atomic E-state index is 12.5. The Kier molecular flexibility index (Phi) is 3.92. The van der Waals surface area contributed by atoms with Crippen LogP contribution in [0.5, 0.6) is 0 Å². The molecule has 1 aromatic carbocycles. The maximum atomic E-state index is 12.5. The number of hydrogen-bond acceptors (Lipinski definition) is 6. The van der Waals surface area contributed by atoms with Crippen molar-refractivity contribution >= 4 is 11.6 Å². The molecular weight excluding hydrogens is 332 g/mol. The summed E-state index contributed by atoms with van der Waals surface area (Å²) < 4.78 is 6.98. The molecule has 8 heteroatoms. The summed E-state index contributed by atoms with van der Waals surface area (Å²) in [5, 5.41) is 15.0. The van der Waals surface area contributed by atoms with E-state index in [2.05, 4.69) is 25.7 Å². The highest BCUT2D eigenvalue weighted by Crippen LogP contribution is 2.18. The molecule has 0 radical (unpaired) electrons. The van der Waals surface area contributed by atoms with Crippen LogP contribution in [-0.4, -0.2) is 30.6 Å². The minimum absolute atomic E-state index is 0.196. The van der Waals surface area contributed by atoms with Gasteiger partial charge in [0, 0.05) is 17.3 Å². The van der Waals surface area contributed by atoms with E-state index in [1.54, 1.807) is 31.2 Å². The van der Waals surface area contributed by atoms with Gasteiger partial charge >= 0.3 is 0 Å². The summed E-state index contributed by atoms with van der Waals surface area (Å²) in [6, 6.07) is 12.4. The topological polar surface area (TPSA) is 98.2 Å². The Bertz CT molecular complexity index is 1070. The number of nitrogens with one attached hydrogen (secondary N) is 1. The molecule has 0 aliphatic carbocycles. The van der Waals surface area contributed by atoms with Gasteiger partial charge in [-0.2, -0.15) is 4.98 Å². The van der Waals surface area contributed by atoms with Crippen LogP contribution in [0, 0.1) is 6.92 Å². The Morgan fingerprint density at radius 3 is 2.69 bits per heavy atom. The van der Waals surface area contributed by atoms with Crippen molar-refractivity contribution in [3.63, 3.8) is 0 Å². The van der Waals surface area contributed by atoms with E-state index < -0.39 is 0 Å². The zero-order chi connectivity index (χ0) is 18.1. The van der Waals surface area contributed by atoms with Gasteiger partial charge < -0.3 is 9.84 Å². The van der Waals surface area contributed by atoms with Crippen molar-refractivity contribution in [2.45, 2.75) is 19.9 Å². The maximum Gasteiger partial charge on any atom is 0.257 e. The smallest absolute Gasteiger partial charge is 0.257 e. The van der Waals surface area contributed by atoms with Crippen LogP contribution in [0.3, 0.4) is 0 Å². The van der Waals surface area contributed by atoms with Crippen LogP contribution in [-0.2, 0) is 0 Å². The van der Waals surface area contributed by atoms with Crippen molar-refractivity contribution < 1.29 is 9.32 Å². The van der Waals surface area contributed by atoms with Gasteiger partial charge in [-0.25, -0.2) is 0 Å². The fourth-order valence-electron chi connectivity index (χ4n) is 2.68. The second kappa shape index (κ2) is 6.40. The fourth-order valence-corrected chi connectivity index (χ4v) is 2.68. The summed E-state index contributed by atoms with van der Waals surface area (Å²) in [5.74, 6) is 1.47. The van der Waals surface area contributed by atoms with Crippen molar-refractivity contribution in [3.8, 4) is 11.5 Å². The Labute approximate surface area is 148 Å². The molecule has 0 aliphatic heterocycles. The number of carbonyl (C=O) groups is 1. The number of rotatable bonds is 4. The molecule has 3 heterocycles. The van der Waals surface area contributed by atoms with Crippen LogP contribution >= 0.6 is 0 Å². The molecule has 0 aliphatic rings. The van der Waals surface area contributed by atoms with Gasteiger partial charge in [0.05, 0.1) is 6.04 Å². The van der Waals surface area contributed by atoms with Gasteiger partial charge in [0.1, 0.15) is 0 Å². The van der Waals surface area contributed by atoms with Crippen LogP contribution < -0.4 is 5.32 Å². The minimum Gasteiger partial charge on any atom is -0.342 e. The van der Waals surface area contributed by atoms with E-state index in [1.165, 1.54) is 0 Å². The third-order valence-corrected chi connectivity index (χ3v) is 4.00. The van der Waals surface area contributed by atoms with Gasteiger partial charge in [-0.1, -0.05) is 11.2 Å². The fraction of sp³-hybridized carbons (Fsp3) is 0.167. The van der Waals surface area contributed by atoms with Crippen LogP contribution in [0.2, 0.25) is 0 Å². The normalized spacial score (nSPS) is 12.2. The number of fused-ring (bicyclic) bond motifs is 1. The zero-order valence-electron chi connectivity index (χ0n) is 14.2. The highest BCUT2D eigenvalue weighted by atomic mass is 16.5. The molecule has 0 bridgehead atoms. The standard InChI is InChI=1S/C18H16N6O2/c1-11(16-22-21-15-5-3-4-10-24(15)16)19-17(25)13-6-8-14(9-7-13)18-20-12(2)23-26-18/h3-11H,1-2H3,(H,19,25). The van der Waals surface area contributed by atoms with Crippen LogP contribution in [0.25, 0.3) is 17.1 Å². The first-order chi connectivity index (χ1) is 12.6. The van der Waals surface area contributed by atoms with Crippen molar-refractivity contribution in [3.05, 3.63) is 65.9 Å². The van der Waals surface area contributed by atoms with E-state index in [0.29, 0.717) is 23.1 Å². The highest BCUT2D eigenvalue weighted by molar-refractivity contribution is 5.94. The summed E-state index contributed by atoms with van der Waals surface area (Å²) in [4.78, 5) is 16.7. The van der Waals surface area contributed by atoms with E-state index in [9.17, 15) is 4.79 Å². The average molecular weight is 348 g/mol. The number of amides is 1. The van der Waals surface area contributed by atoms with E-state index in [1.807, 2.05) is 35.7 Å². The monoisotopic (exact) mass is 348 g/mol. The Morgan fingerprint density at radius 2 is 1.96 bits per heavy atom. The van der Waals surface area contributed by atoms with E-state index in [-0.39, 0.29) is 11.9 Å². The van der Waals surface area contributed by atoms with Gasteiger partial charge in [0.25, 0.3) is 11.8 Å². The second-order valence-electron chi connectivity index (χ2n) is 5.91. The number of aryl methyl sites for hydroxylation is 1. The molecule has 0 saturated heterocycles. The summed E-state index contributed by atoms with van der Waals surface area (Å²) in [6.07, 6.45) is 1.87. The summed E-state index contributed by atoms with van der Waals surface area (Å²) in [7, 11) is 0. The molecule has 4 aromatic rings.